The largest absolute Gasteiger partial charge is 0.462 e. The Labute approximate surface area is 378 Å². The molecule has 6 heteroatoms. The minimum atomic E-state index is -0.780. The van der Waals surface area contributed by atoms with Gasteiger partial charge in [-0.05, 0) is 77.0 Å². The van der Waals surface area contributed by atoms with Crippen LogP contribution in [0.1, 0.15) is 265 Å². The normalized spacial score (nSPS) is 12.4. The van der Waals surface area contributed by atoms with Crippen molar-refractivity contribution in [2.75, 3.05) is 13.2 Å². The fraction of sp³-hybridized carbons (Fsp3) is 0.800. The van der Waals surface area contributed by atoms with Gasteiger partial charge in [-0.3, -0.25) is 14.4 Å². The van der Waals surface area contributed by atoms with Crippen molar-refractivity contribution in [1.29, 1.82) is 0 Å². The van der Waals surface area contributed by atoms with Crippen LogP contribution in [-0.4, -0.2) is 37.2 Å². The fourth-order valence-electron chi connectivity index (χ4n) is 7.39. The topological polar surface area (TPSA) is 78.9 Å². The second-order valence-electron chi connectivity index (χ2n) is 17.4. The Morgan fingerprint density at radius 2 is 0.639 bits per heavy atom. The summed E-state index contributed by atoms with van der Waals surface area (Å²) in [6, 6.07) is 0. The summed E-state index contributed by atoms with van der Waals surface area (Å²) >= 11 is 0. The third-order valence-corrected chi connectivity index (χ3v) is 11.3. The highest BCUT2D eigenvalue weighted by Gasteiger charge is 2.19. The summed E-state index contributed by atoms with van der Waals surface area (Å²) in [7, 11) is 0. The lowest BCUT2D eigenvalue weighted by Crippen LogP contribution is -2.30. The Bertz CT molecular complexity index is 1070. The van der Waals surface area contributed by atoms with Crippen LogP contribution in [0.4, 0.5) is 0 Å². The highest BCUT2D eigenvalue weighted by Crippen LogP contribution is 2.15. The molecule has 0 bridgehead atoms. The van der Waals surface area contributed by atoms with Crippen LogP contribution in [0.15, 0.2) is 48.6 Å². The van der Waals surface area contributed by atoms with Crippen LogP contribution in [0.5, 0.6) is 0 Å². The van der Waals surface area contributed by atoms with Gasteiger partial charge in [0, 0.05) is 19.3 Å². The summed E-state index contributed by atoms with van der Waals surface area (Å²) in [5.41, 5.74) is 0. The van der Waals surface area contributed by atoms with Crippen molar-refractivity contribution in [1.82, 2.24) is 0 Å². The molecule has 0 aromatic carbocycles. The van der Waals surface area contributed by atoms with Crippen molar-refractivity contribution in [2.24, 2.45) is 0 Å². The van der Waals surface area contributed by atoms with Gasteiger partial charge in [-0.25, -0.2) is 0 Å². The summed E-state index contributed by atoms with van der Waals surface area (Å²) in [6.45, 7) is 6.51. The Morgan fingerprint density at radius 1 is 0.344 bits per heavy atom. The van der Waals surface area contributed by atoms with Crippen molar-refractivity contribution in [3.63, 3.8) is 0 Å². The van der Waals surface area contributed by atoms with Gasteiger partial charge in [-0.15, -0.1) is 0 Å². The first kappa shape index (κ1) is 58.4. The summed E-state index contributed by atoms with van der Waals surface area (Å²) in [5.74, 6) is -0.893. The molecule has 61 heavy (non-hydrogen) atoms. The lowest BCUT2D eigenvalue weighted by atomic mass is 10.0. The van der Waals surface area contributed by atoms with E-state index in [-0.39, 0.29) is 31.1 Å². The zero-order valence-corrected chi connectivity index (χ0v) is 40.4. The number of ether oxygens (including phenoxy) is 3. The zero-order valence-electron chi connectivity index (χ0n) is 40.4. The number of hydrogen-bond acceptors (Lipinski definition) is 6. The van der Waals surface area contributed by atoms with E-state index in [2.05, 4.69) is 69.4 Å². The molecular formula is C55H98O6. The molecule has 0 amide bonds. The van der Waals surface area contributed by atoms with Gasteiger partial charge in [0.1, 0.15) is 13.2 Å². The van der Waals surface area contributed by atoms with Crippen LogP contribution >= 0.6 is 0 Å². The van der Waals surface area contributed by atoms with E-state index < -0.39 is 6.10 Å². The molecule has 0 unspecified atom stereocenters. The lowest BCUT2D eigenvalue weighted by molar-refractivity contribution is -0.167. The van der Waals surface area contributed by atoms with E-state index in [0.29, 0.717) is 19.3 Å². The van der Waals surface area contributed by atoms with E-state index in [1.807, 2.05) is 0 Å². The van der Waals surface area contributed by atoms with E-state index in [4.69, 9.17) is 14.2 Å². The van der Waals surface area contributed by atoms with Gasteiger partial charge < -0.3 is 14.2 Å². The van der Waals surface area contributed by atoms with Crippen molar-refractivity contribution in [2.45, 2.75) is 271 Å². The fourth-order valence-corrected chi connectivity index (χ4v) is 7.39. The van der Waals surface area contributed by atoms with E-state index in [1.165, 1.54) is 128 Å². The molecule has 0 N–H and O–H groups in total. The van der Waals surface area contributed by atoms with E-state index in [1.54, 1.807) is 0 Å². The standard InChI is InChI=1S/C55H98O6/c1-4-7-10-13-16-19-22-25-27-30-33-36-39-42-45-48-54(57)60-51-52(50-59-53(56)47-44-41-38-35-32-29-24-21-18-15-12-9-6-3)61-55(58)49-46-43-40-37-34-31-28-26-23-20-17-14-11-8-5-2/h8,11,17,19-20,22,26,28,52H,4-7,9-10,12-16,18,21,23-25,27,29-51H2,1-3H3/b11-8-,20-17-,22-19-,28-26-/t52-/m0/s1. The highest BCUT2D eigenvalue weighted by atomic mass is 16.6. The Kier molecular flexibility index (Phi) is 47.9. The summed E-state index contributed by atoms with van der Waals surface area (Å²) in [4.78, 5) is 38.0. The number of carbonyl (C=O) groups is 3. The van der Waals surface area contributed by atoms with Crippen molar-refractivity contribution in [3.8, 4) is 0 Å². The molecule has 0 radical (unpaired) electrons. The van der Waals surface area contributed by atoms with Gasteiger partial charge >= 0.3 is 17.9 Å². The Hall–Kier alpha value is -2.63. The van der Waals surface area contributed by atoms with Crippen molar-refractivity contribution >= 4 is 17.9 Å². The highest BCUT2D eigenvalue weighted by molar-refractivity contribution is 5.71. The first-order valence-electron chi connectivity index (χ1n) is 26.1. The third-order valence-electron chi connectivity index (χ3n) is 11.3. The predicted octanol–water partition coefficient (Wildman–Crippen LogP) is 17.1. The average molecular weight is 855 g/mol. The summed E-state index contributed by atoms with van der Waals surface area (Å²) in [5, 5.41) is 0. The monoisotopic (exact) mass is 855 g/mol. The molecule has 0 aliphatic rings. The molecule has 0 spiro atoms. The number of unbranched alkanes of at least 4 members (excludes halogenated alkanes) is 28. The van der Waals surface area contributed by atoms with Crippen LogP contribution < -0.4 is 0 Å². The lowest BCUT2D eigenvalue weighted by Gasteiger charge is -2.18. The van der Waals surface area contributed by atoms with Crippen LogP contribution in [0, 0.1) is 0 Å². The van der Waals surface area contributed by atoms with E-state index in [0.717, 1.165) is 96.3 Å². The Morgan fingerprint density at radius 3 is 1.03 bits per heavy atom. The molecule has 354 valence electrons. The quantitative estimate of drug-likeness (QED) is 0.0263. The summed E-state index contributed by atoms with van der Waals surface area (Å²) in [6.07, 6.45) is 59.4. The maximum atomic E-state index is 12.8. The molecule has 0 aliphatic carbocycles. The smallest absolute Gasteiger partial charge is 0.306 e. The zero-order chi connectivity index (χ0) is 44.4. The van der Waals surface area contributed by atoms with Gasteiger partial charge in [0.15, 0.2) is 6.10 Å². The van der Waals surface area contributed by atoms with Gasteiger partial charge in [0.25, 0.3) is 0 Å². The summed E-state index contributed by atoms with van der Waals surface area (Å²) < 4.78 is 16.8. The number of carbonyl (C=O) groups excluding carboxylic acids is 3. The second-order valence-corrected chi connectivity index (χ2v) is 17.4. The molecule has 0 fully saturated rings. The second kappa shape index (κ2) is 50.0. The van der Waals surface area contributed by atoms with Gasteiger partial charge in [-0.2, -0.15) is 0 Å². The van der Waals surface area contributed by atoms with Crippen LogP contribution in [-0.2, 0) is 28.6 Å². The molecule has 1 atom stereocenters. The molecule has 0 saturated heterocycles. The SMILES string of the molecule is CC/C=C\C/C=C\C/C=C\CCCCCCCC(=O)O[C@H](COC(=O)CCCCCCCCC/C=C\CCCCCC)COC(=O)CCCCCCCCCCCCCCC. The van der Waals surface area contributed by atoms with Gasteiger partial charge in [0.05, 0.1) is 0 Å². The molecule has 0 rings (SSSR count). The van der Waals surface area contributed by atoms with Gasteiger partial charge in [-0.1, -0.05) is 217 Å². The molecule has 6 nitrogen and oxygen atoms in total. The maximum absolute atomic E-state index is 12.8. The molecule has 0 aliphatic heterocycles. The molecule has 0 aromatic heterocycles. The number of allylic oxidation sites excluding steroid dienone is 8. The van der Waals surface area contributed by atoms with Crippen LogP contribution in [0.25, 0.3) is 0 Å². The number of esters is 3. The van der Waals surface area contributed by atoms with Crippen molar-refractivity contribution in [3.05, 3.63) is 48.6 Å². The van der Waals surface area contributed by atoms with E-state index in [9.17, 15) is 14.4 Å². The third kappa shape index (κ3) is 48.3. The van der Waals surface area contributed by atoms with Crippen LogP contribution in [0.3, 0.4) is 0 Å². The molecule has 0 aromatic rings. The number of rotatable bonds is 47. The van der Waals surface area contributed by atoms with Gasteiger partial charge in [0.2, 0.25) is 0 Å². The van der Waals surface area contributed by atoms with E-state index >= 15 is 0 Å². The molecule has 0 heterocycles. The maximum Gasteiger partial charge on any atom is 0.306 e. The molecular weight excluding hydrogens is 757 g/mol. The minimum Gasteiger partial charge on any atom is -0.462 e. The average Bonchev–Trinajstić information content (AvgIpc) is 3.26. The predicted molar refractivity (Wildman–Crippen MR) is 261 cm³/mol. The van der Waals surface area contributed by atoms with Crippen molar-refractivity contribution < 1.29 is 28.6 Å². The first-order valence-corrected chi connectivity index (χ1v) is 26.1. The minimum absolute atomic E-state index is 0.0791. The Balaban J connectivity index is 4.39. The van der Waals surface area contributed by atoms with Crippen LogP contribution in [0.2, 0.25) is 0 Å². The first-order chi connectivity index (χ1) is 30.0. The molecule has 0 saturated carbocycles. The number of hydrogen-bond donors (Lipinski definition) is 0.